The minimum absolute atomic E-state index is 0.0317. The Bertz CT molecular complexity index is 1870. The second kappa shape index (κ2) is 16.0. The molecule has 0 saturated carbocycles. The highest BCUT2D eigenvalue weighted by Crippen LogP contribution is 2.44. The van der Waals surface area contributed by atoms with E-state index in [4.69, 9.17) is 14.3 Å². The maximum atomic E-state index is 14.9. The highest BCUT2D eigenvalue weighted by Gasteiger charge is 2.56. The molecule has 1 unspecified atom stereocenters. The first-order chi connectivity index (χ1) is 24.3. The fraction of sp³-hybridized carbons (Fsp3) is 0.243. The van der Waals surface area contributed by atoms with Crippen molar-refractivity contribution in [3.05, 3.63) is 124 Å². The summed E-state index contributed by atoms with van der Waals surface area (Å²) >= 11 is 0. The smallest absolute Gasteiger partial charge is 0.342 e. The number of esters is 1. The van der Waals surface area contributed by atoms with Gasteiger partial charge in [-0.2, -0.15) is 15.2 Å². The maximum Gasteiger partial charge on any atom is 0.342 e. The van der Waals surface area contributed by atoms with Gasteiger partial charge in [0.15, 0.2) is 5.69 Å². The summed E-state index contributed by atoms with van der Waals surface area (Å²) in [6.45, 7) is 3.46. The van der Waals surface area contributed by atoms with Gasteiger partial charge in [-0.15, -0.1) is 0 Å². The number of hydrogen-bond donors (Lipinski definition) is 1. The summed E-state index contributed by atoms with van der Waals surface area (Å²) in [5, 5.41) is 19.4. The Labute approximate surface area is 289 Å². The Morgan fingerprint density at radius 2 is 1.62 bits per heavy atom. The summed E-state index contributed by atoms with van der Waals surface area (Å²) in [6.07, 6.45) is 2.34. The molecule has 1 aliphatic rings. The number of anilines is 1. The van der Waals surface area contributed by atoms with Crippen LogP contribution in [0.5, 0.6) is 5.75 Å². The second-order valence-corrected chi connectivity index (χ2v) is 11.2. The first kappa shape index (κ1) is 35.4. The van der Waals surface area contributed by atoms with Crippen LogP contribution in [-0.4, -0.2) is 59.7 Å². The summed E-state index contributed by atoms with van der Waals surface area (Å²) in [7, 11) is 1.53. The third-order valence-electron chi connectivity index (χ3n) is 8.08. The van der Waals surface area contributed by atoms with Gasteiger partial charge in [0.05, 0.1) is 31.5 Å². The number of unbranched alkanes of at least 4 members (excludes halogenated alkanes) is 1. The molecule has 258 valence electrons. The first-order valence-electron chi connectivity index (χ1n) is 16.1. The number of carbonyl (C=O) groups is 3. The summed E-state index contributed by atoms with van der Waals surface area (Å²) in [4.78, 5) is 61.4. The zero-order valence-corrected chi connectivity index (χ0v) is 27.9. The molecule has 1 atom stereocenters. The summed E-state index contributed by atoms with van der Waals surface area (Å²) in [5.74, 6) is -2.07. The van der Waals surface area contributed by atoms with Crippen LogP contribution in [0.2, 0.25) is 0 Å². The SMILES string of the molecule is CCCCON(C(=O)c1ccccc1)c1c(-c2ccccc2)ccc(C(=O)C2(C(=O)OCC)C=NNN2Cc2ccc(OC)cc2)c1[N+](=O)[O-]. The van der Waals surface area contributed by atoms with E-state index < -0.39 is 39.4 Å². The van der Waals surface area contributed by atoms with Crippen LogP contribution in [-0.2, 0) is 20.9 Å². The third kappa shape index (κ3) is 7.09. The van der Waals surface area contributed by atoms with E-state index >= 15 is 0 Å². The molecule has 0 aliphatic carbocycles. The van der Waals surface area contributed by atoms with Crippen LogP contribution >= 0.6 is 0 Å². The van der Waals surface area contributed by atoms with Crippen molar-refractivity contribution in [3.8, 4) is 16.9 Å². The molecule has 50 heavy (non-hydrogen) atoms. The van der Waals surface area contributed by atoms with Gasteiger partial charge in [-0.05, 0) is 54.8 Å². The number of nitro groups is 1. The van der Waals surface area contributed by atoms with E-state index in [1.165, 1.54) is 24.3 Å². The molecule has 4 aromatic carbocycles. The molecule has 0 radical (unpaired) electrons. The summed E-state index contributed by atoms with van der Waals surface area (Å²) in [6, 6.07) is 26.6. The van der Waals surface area contributed by atoms with E-state index in [0.717, 1.165) is 17.7 Å². The van der Waals surface area contributed by atoms with Crippen LogP contribution in [0.25, 0.3) is 11.1 Å². The minimum Gasteiger partial charge on any atom is -0.497 e. The van der Waals surface area contributed by atoms with Gasteiger partial charge in [-0.1, -0.05) is 80.1 Å². The number of methoxy groups -OCH3 is 1. The predicted octanol–water partition coefficient (Wildman–Crippen LogP) is 6.14. The molecule has 13 heteroatoms. The van der Waals surface area contributed by atoms with Gasteiger partial charge < -0.3 is 9.47 Å². The number of hydrogen-bond acceptors (Lipinski definition) is 11. The number of benzene rings is 4. The van der Waals surface area contributed by atoms with Gasteiger partial charge in [0.1, 0.15) is 11.3 Å². The number of hydrazone groups is 1. The van der Waals surface area contributed by atoms with Gasteiger partial charge in [0, 0.05) is 17.7 Å². The fourth-order valence-electron chi connectivity index (χ4n) is 5.52. The second-order valence-electron chi connectivity index (χ2n) is 11.2. The lowest BCUT2D eigenvalue weighted by atomic mass is 9.86. The zero-order chi connectivity index (χ0) is 35.7. The van der Waals surface area contributed by atoms with Crippen LogP contribution in [0.3, 0.4) is 0 Å². The number of rotatable bonds is 15. The Hall–Kier alpha value is -5.92. The van der Waals surface area contributed by atoms with Crippen molar-refractivity contribution in [2.24, 2.45) is 5.10 Å². The van der Waals surface area contributed by atoms with E-state index in [2.05, 4.69) is 10.6 Å². The molecule has 0 saturated heterocycles. The number of ether oxygens (including phenoxy) is 2. The molecular weight excluding hydrogens is 642 g/mol. The highest BCUT2D eigenvalue weighted by molar-refractivity contribution is 6.30. The van der Waals surface area contributed by atoms with E-state index in [9.17, 15) is 24.5 Å². The Morgan fingerprint density at radius 1 is 0.940 bits per heavy atom. The van der Waals surface area contributed by atoms with Gasteiger partial charge in [-0.25, -0.2) is 10.3 Å². The van der Waals surface area contributed by atoms with Crippen molar-refractivity contribution in [1.29, 1.82) is 0 Å². The molecular formula is C37H37N5O8. The topological polar surface area (TPSA) is 153 Å². The number of nitrogens with one attached hydrogen (secondary N) is 1. The molecule has 0 bridgehead atoms. The van der Waals surface area contributed by atoms with E-state index in [1.807, 2.05) is 6.92 Å². The van der Waals surface area contributed by atoms with Crippen molar-refractivity contribution < 1.29 is 33.6 Å². The molecule has 13 nitrogen and oxygen atoms in total. The lowest BCUT2D eigenvalue weighted by molar-refractivity contribution is -0.384. The Morgan fingerprint density at radius 3 is 2.24 bits per heavy atom. The van der Waals surface area contributed by atoms with Crippen LogP contribution < -0.4 is 15.3 Å². The van der Waals surface area contributed by atoms with Crippen LogP contribution in [0.15, 0.2) is 102 Å². The molecule has 4 aromatic rings. The number of hydroxylamine groups is 1. The standard InChI is InChI=1S/C37H37N5O8/c1-4-6-23-50-41(35(44)28-15-11-8-12-16-28)32-30(27-13-9-7-10-14-27)21-22-31(33(32)42(46)47)34(43)37(36(45)49-5-2)25-38-39-40(37)24-26-17-19-29(48-3)20-18-26/h7-22,25,39H,4-6,23-24H2,1-3H3. The normalized spacial score (nSPS) is 15.3. The molecule has 1 amide bonds. The van der Waals surface area contributed by atoms with Crippen molar-refractivity contribution in [1.82, 2.24) is 10.5 Å². The molecule has 0 spiro atoms. The average Bonchev–Trinajstić information content (AvgIpc) is 3.57. The lowest BCUT2D eigenvalue weighted by Gasteiger charge is -2.32. The van der Waals surface area contributed by atoms with Crippen molar-refractivity contribution in [2.75, 3.05) is 25.4 Å². The number of hydrazine groups is 1. The average molecular weight is 680 g/mol. The molecule has 1 aliphatic heterocycles. The maximum absolute atomic E-state index is 14.9. The number of Topliss-reactive ketones (excluding diaryl/α,β-unsaturated/α-hetero) is 1. The number of amides is 1. The number of nitrogens with zero attached hydrogens (tertiary/aromatic N) is 4. The van der Waals surface area contributed by atoms with Gasteiger partial charge in [-0.3, -0.25) is 24.5 Å². The summed E-state index contributed by atoms with van der Waals surface area (Å²) in [5.41, 5.74) is 0.646. The molecule has 5 rings (SSSR count). The fourth-order valence-corrected chi connectivity index (χ4v) is 5.52. The molecule has 1 N–H and O–H groups in total. The van der Waals surface area contributed by atoms with Crippen LogP contribution in [0, 0.1) is 10.1 Å². The van der Waals surface area contributed by atoms with Crippen molar-refractivity contribution >= 4 is 35.2 Å². The number of carbonyl (C=O) groups excluding carboxylic acids is 3. The highest BCUT2D eigenvalue weighted by atomic mass is 16.7. The Kier molecular flexibility index (Phi) is 11.3. The predicted molar refractivity (Wildman–Crippen MR) is 187 cm³/mol. The quantitative estimate of drug-likeness (QED) is 0.0387. The lowest BCUT2D eigenvalue weighted by Crippen LogP contribution is -2.61. The van der Waals surface area contributed by atoms with E-state index in [-0.39, 0.29) is 36.6 Å². The van der Waals surface area contributed by atoms with E-state index in [1.54, 1.807) is 91.9 Å². The summed E-state index contributed by atoms with van der Waals surface area (Å²) < 4.78 is 10.6. The molecule has 0 aromatic heterocycles. The largest absolute Gasteiger partial charge is 0.497 e. The third-order valence-corrected chi connectivity index (χ3v) is 8.08. The number of ketones is 1. The van der Waals surface area contributed by atoms with Crippen molar-refractivity contribution in [3.63, 3.8) is 0 Å². The monoisotopic (exact) mass is 679 g/mol. The van der Waals surface area contributed by atoms with Gasteiger partial charge in [0.2, 0.25) is 11.3 Å². The van der Waals surface area contributed by atoms with Crippen LogP contribution in [0.1, 0.15) is 53.0 Å². The Balaban J connectivity index is 1.74. The van der Waals surface area contributed by atoms with Crippen molar-refractivity contribution in [2.45, 2.75) is 38.8 Å². The van der Waals surface area contributed by atoms with Gasteiger partial charge >= 0.3 is 11.7 Å². The molecule has 1 heterocycles. The number of nitro benzene ring substituents is 1. The first-order valence-corrected chi connectivity index (χ1v) is 16.1. The van der Waals surface area contributed by atoms with E-state index in [0.29, 0.717) is 23.3 Å². The van der Waals surface area contributed by atoms with Crippen LogP contribution in [0.4, 0.5) is 11.4 Å². The molecule has 0 fully saturated rings. The minimum atomic E-state index is -2.26. The zero-order valence-electron chi connectivity index (χ0n) is 27.9. The van der Waals surface area contributed by atoms with Gasteiger partial charge in [0.25, 0.3) is 5.91 Å².